The van der Waals surface area contributed by atoms with E-state index in [0.717, 1.165) is 25.3 Å². The van der Waals surface area contributed by atoms with Crippen LogP contribution in [0.25, 0.3) is 0 Å². The van der Waals surface area contributed by atoms with Crippen LogP contribution in [0.2, 0.25) is 0 Å². The maximum absolute atomic E-state index is 11.8. The van der Waals surface area contributed by atoms with Gasteiger partial charge in [0.2, 0.25) is 0 Å². The molecule has 0 aromatic heterocycles. The van der Waals surface area contributed by atoms with E-state index in [1.807, 2.05) is 20.8 Å². The molecule has 0 radical (unpaired) electrons. The predicted octanol–water partition coefficient (Wildman–Crippen LogP) is 1.57. The molecule has 1 saturated heterocycles. The van der Waals surface area contributed by atoms with Gasteiger partial charge in [-0.05, 0) is 27.2 Å². The van der Waals surface area contributed by atoms with Crippen LogP contribution in [0, 0.1) is 0 Å². The van der Waals surface area contributed by atoms with Crippen LogP contribution in [0.15, 0.2) is 4.99 Å². The molecule has 0 atom stereocenters. The predicted molar refractivity (Wildman–Crippen MR) is 81.0 cm³/mol. The smallest absolute Gasteiger partial charge is 0.410 e. The first kappa shape index (κ1) is 16.6. The van der Waals surface area contributed by atoms with Crippen LogP contribution < -0.4 is 10.6 Å². The van der Waals surface area contributed by atoms with Crippen molar-refractivity contribution in [1.29, 1.82) is 0 Å². The molecule has 1 aliphatic rings. The molecule has 1 rings (SSSR count). The van der Waals surface area contributed by atoms with E-state index in [-0.39, 0.29) is 12.1 Å². The first-order valence-corrected chi connectivity index (χ1v) is 7.31. The van der Waals surface area contributed by atoms with Gasteiger partial charge >= 0.3 is 6.09 Å². The minimum Gasteiger partial charge on any atom is -0.444 e. The second kappa shape index (κ2) is 7.36. The molecular weight excluding hydrogens is 256 g/mol. The molecule has 1 fully saturated rings. The van der Waals surface area contributed by atoms with E-state index in [1.54, 1.807) is 11.9 Å². The van der Waals surface area contributed by atoms with E-state index in [2.05, 4.69) is 22.5 Å². The Morgan fingerprint density at radius 2 is 2.05 bits per heavy atom. The Balaban J connectivity index is 2.25. The third kappa shape index (κ3) is 5.67. The number of amides is 1. The summed E-state index contributed by atoms with van der Waals surface area (Å²) in [5.74, 6) is 0.798. The maximum Gasteiger partial charge on any atom is 0.410 e. The topological polar surface area (TPSA) is 66.0 Å². The van der Waals surface area contributed by atoms with Crippen molar-refractivity contribution < 1.29 is 9.53 Å². The highest BCUT2D eigenvalue weighted by Crippen LogP contribution is 2.15. The number of likely N-dealkylation sites (tertiary alicyclic amines) is 1. The minimum absolute atomic E-state index is 0.246. The normalized spacial score (nSPS) is 16.6. The van der Waals surface area contributed by atoms with Crippen molar-refractivity contribution in [2.45, 2.75) is 52.2 Å². The lowest BCUT2D eigenvalue weighted by molar-refractivity contribution is 0.00701. The average molecular weight is 284 g/mol. The molecule has 2 N–H and O–H groups in total. The third-order valence-electron chi connectivity index (χ3n) is 2.92. The zero-order valence-corrected chi connectivity index (χ0v) is 13.3. The van der Waals surface area contributed by atoms with E-state index >= 15 is 0 Å². The molecule has 0 unspecified atom stereocenters. The Labute approximate surface area is 122 Å². The molecule has 0 aromatic rings. The summed E-state index contributed by atoms with van der Waals surface area (Å²) in [4.78, 5) is 17.7. The number of unbranched alkanes of at least 4 members (excludes halogenated alkanes) is 1. The molecule has 0 aromatic carbocycles. The van der Waals surface area contributed by atoms with Gasteiger partial charge in [-0.2, -0.15) is 0 Å². The average Bonchev–Trinajstić information content (AvgIpc) is 2.28. The second-order valence-corrected chi connectivity index (χ2v) is 6.08. The SMILES string of the molecule is CCCCNC(=NC)NC1CN(C(=O)OC(C)(C)C)C1. The maximum atomic E-state index is 11.8. The van der Waals surface area contributed by atoms with Gasteiger partial charge in [-0.3, -0.25) is 4.99 Å². The van der Waals surface area contributed by atoms with Gasteiger partial charge < -0.3 is 20.3 Å². The number of aliphatic imine (C=N–C) groups is 1. The molecule has 0 saturated carbocycles. The molecule has 20 heavy (non-hydrogen) atoms. The lowest BCUT2D eigenvalue weighted by atomic mass is 10.1. The lowest BCUT2D eigenvalue weighted by Crippen LogP contribution is -2.63. The summed E-state index contributed by atoms with van der Waals surface area (Å²) >= 11 is 0. The van der Waals surface area contributed by atoms with Crippen molar-refractivity contribution in [2.75, 3.05) is 26.7 Å². The number of hydrogen-bond donors (Lipinski definition) is 2. The molecule has 0 bridgehead atoms. The highest BCUT2D eigenvalue weighted by molar-refractivity contribution is 5.80. The summed E-state index contributed by atoms with van der Waals surface area (Å²) < 4.78 is 5.31. The number of carbonyl (C=O) groups is 1. The van der Waals surface area contributed by atoms with Crippen LogP contribution in [0.1, 0.15) is 40.5 Å². The summed E-state index contributed by atoms with van der Waals surface area (Å²) in [5, 5.41) is 6.56. The number of rotatable bonds is 4. The number of nitrogens with zero attached hydrogens (tertiary/aromatic N) is 2. The fourth-order valence-corrected chi connectivity index (χ4v) is 1.82. The molecular formula is C14H28N4O2. The summed E-state index contributed by atoms with van der Waals surface area (Å²) in [5.41, 5.74) is -0.437. The van der Waals surface area contributed by atoms with E-state index in [4.69, 9.17) is 4.74 Å². The van der Waals surface area contributed by atoms with Crippen LogP contribution >= 0.6 is 0 Å². The fourth-order valence-electron chi connectivity index (χ4n) is 1.82. The molecule has 1 aliphatic heterocycles. The highest BCUT2D eigenvalue weighted by atomic mass is 16.6. The van der Waals surface area contributed by atoms with Gasteiger partial charge in [0.25, 0.3) is 0 Å². The zero-order chi connectivity index (χ0) is 15.2. The van der Waals surface area contributed by atoms with Crippen molar-refractivity contribution in [3.63, 3.8) is 0 Å². The standard InChI is InChI=1S/C14H28N4O2/c1-6-7-8-16-12(15-5)17-11-9-18(10-11)13(19)20-14(2,3)4/h11H,6-10H2,1-5H3,(H2,15,16,17). The van der Waals surface area contributed by atoms with Crippen molar-refractivity contribution in [2.24, 2.45) is 4.99 Å². The molecule has 1 heterocycles. The minimum atomic E-state index is -0.437. The number of hydrogen-bond acceptors (Lipinski definition) is 3. The van der Waals surface area contributed by atoms with E-state index in [0.29, 0.717) is 13.1 Å². The Morgan fingerprint density at radius 3 is 2.55 bits per heavy atom. The Morgan fingerprint density at radius 1 is 1.40 bits per heavy atom. The lowest BCUT2D eigenvalue weighted by Gasteiger charge is -2.40. The second-order valence-electron chi connectivity index (χ2n) is 6.08. The quantitative estimate of drug-likeness (QED) is 0.467. The number of carbonyl (C=O) groups excluding carboxylic acids is 1. The van der Waals surface area contributed by atoms with Gasteiger partial charge in [0.05, 0.1) is 6.04 Å². The third-order valence-corrected chi connectivity index (χ3v) is 2.92. The number of nitrogens with one attached hydrogen (secondary N) is 2. The highest BCUT2D eigenvalue weighted by Gasteiger charge is 2.34. The zero-order valence-electron chi connectivity index (χ0n) is 13.3. The molecule has 0 aliphatic carbocycles. The Kier molecular flexibility index (Phi) is 6.10. The molecule has 6 heteroatoms. The van der Waals surface area contributed by atoms with Gasteiger partial charge in [-0.1, -0.05) is 13.3 Å². The summed E-state index contributed by atoms with van der Waals surface area (Å²) in [7, 11) is 1.76. The monoisotopic (exact) mass is 284 g/mol. The summed E-state index contributed by atoms with van der Waals surface area (Å²) in [6, 6.07) is 0.246. The van der Waals surface area contributed by atoms with Gasteiger partial charge in [-0.15, -0.1) is 0 Å². The van der Waals surface area contributed by atoms with Crippen LogP contribution in [0.4, 0.5) is 4.79 Å². The first-order valence-electron chi connectivity index (χ1n) is 7.31. The molecule has 0 spiro atoms. The van der Waals surface area contributed by atoms with Crippen molar-refractivity contribution >= 4 is 12.1 Å². The van der Waals surface area contributed by atoms with Gasteiger partial charge in [0.15, 0.2) is 5.96 Å². The number of ether oxygens (including phenoxy) is 1. The van der Waals surface area contributed by atoms with Crippen LogP contribution in [0.5, 0.6) is 0 Å². The molecule has 116 valence electrons. The molecule has 1 amide bonds. The van der Waals surface area contributed by atoms with E-state index in [1.165, 1.54) is 0 Å². The first-order chi connectivity index (χ1) is 9.35. The summed E-state index contributed by atoms with van der Waals surface area (Å²) in [6.07, 6.45) is 2.03. The van der Waals surface area contributed by atoms with Gasteiger partial charge in [0.1, 0.15) is 5.60 Å². The van der Waals surface area contributed by atoms with Gasteiger partial charge in [-0.25, -0.2) is 4.79 Å². The Bertz CT molecular complexity index is 344. The molecule has 6 nitrogen and oxygen atoms in total. The largest absolute Gasteiger partial charge is 0.444 e. The van der Waals surface area contributed by atoms with Crippen LogP contribution in [0.3, 0.4) is 0 Å². The van der Waals surface area contributed by atoms with E-state index < -0.39 is 5.60 Å². The fraction of sp³-hybridized carbons (Fsp3) is 0.857. The van der Waals surface area contributed by atoms with Gasteiger partial charge in [0, 0.05) is 26.7 Å². The Hall–Kier alpha value is -1.46. The van der Waals surface area contributed by atoms with Crippen molar-refractivity contribution in [3.05, 3.63) is 0 Å². The summed E-state index contributed by atoms with van der Waals surface area (Å²) in [6.45, 7) is 10.0. The van der Waals surface area contributed by atoms with Crippen molar-refractivity contribution in [3.8, 4) is 0 Å². The van der Waals surface area contributed by atoms with E-state index in [9.17, 15) is 4.79 Å². The van der Waals surface area contributed by atoms with Crippen molar-refractivity contribution in [1.82, 2.24) is 15.5 Å². The number of guanidine groups is 1. The van der Waals surface area contributed by atoms with Crippen LogP contribution in [-0.4, -0.2) is 55.3 Å². The van der Waals surface area contributed by atoms with Crippen LogP contribution in [-0.2, 0) is 4.74 Å².